The Morgan fingerprint density at radius 2 is 2.35 bits per heavy atom. The maximum atomic E-state index is 4.67. The van der Waals surface area contributed by atoms with Gasteiger partial charge >= 0.3 is 0 Å². The maximum absolute atomic E-state index is 4.67. The number of nitrogens with one attached hydrogen (secondary N) is 1. The van der Waals surface area contributed by atoms with Crippen LogP contribution in [0.1, 0.15) is 29.9 Å². The van der Waals surface area contributed by atoms with Gasteiger partial charge in [-0.05, 0) is 31.2 Å². The van der Waals surface area contributed by atoms with Gasteiger partial charge in [0.2, 0.25) is 0 Å². The Morgan fingerprint density at radius 1 is 1.45 bits per heavy atom. The second-order valence-corrected chi connectivity index (χ2v) is 5.74. The highest BCUT2D eigenvalue weighted by atomic mass is 32.1. The molecule has 1 unspecified atom stereocenters. The number of pyridine rings is 1. The molecule has 3 heterocycles. The molecule has 0 amide bonds. The van der Waals surface area contributed by atoms with E-state index in [1.807, 2.05) is 13.1 Å². The summed E-state index contributed by atoms with van der Waals surface area (Å²) in [6.45, 7) is 5.10. The number of imidazole rings is 1. The molecule has 1 atom stereocenters. The fourth-order valence-electron chi connectivity index (χ4n) is 2.42. The third-order valence-electron chi connectivity index (χ3n) is 3.33. The third kappa shape index (κ3) is 2.73. The Labute approximate surface area is 122 Å². The van der Waals surface area contributed by atoms with Crippen LogP contribution in [-0.2, 0) is 6.42 Å². The summed E-state index contributed by atoms with van der Waals surface area (Å²) >= 11 is 1.67. The van der Waals surface area contributed by atoms with Crippen molar-refractivity contribution < 1.29 is 0 Å². The van der Waals surface area contributed by atoms with Crippen LogP contribution in [0.5, 0.6) is 0 Å². The van der Waals surface area contributed by atoms with Gasteiger partial charge in [0.25, 0.3) is 0 Å². The zero-order chi connectivity index (χ0) is 13.9. The number of likely N-dealkylation sites (N-methyl/N-ethyl adjacent to an activating group) is 1. The fraction of sp³-hybridized carbons (Fsp3) is 0.333. The van der Waals surface area contributed by atoms with Gasteiger partial charge in [0.15, 0.2) is 4.96 Å². The van der Waals surface area contributed by atoms with E-state index in [0.717, 1.165) is 29.3 Å². The van der Waals surface area contributed by atoms with Crippen molar-refractivity contribution in [3.05, 3.63) is 53.1 Å². The lowest BCUT2D eigenvalue weighted by atomic mass is 10.0. The van der Waals surface area contributed by atoms with Crippen LogP contribution in [0.4, 0.5) is 0 Å². The predicted octanol–water partition coefficient (Wildman–Crippen LogP) is 2.99. The lowest BCUT2D eigenvalue weighted by Crippen LogP contribution is -2.23. The molecule has 0 spiro atoms. The van der Waals surface area contributed by atoms with Crippen LogP contribution in [-0.4, -0.2) is 20.9 Å². The van der Waals surface area contributed by atoms with Gasteiger partial charge in [-0.15, -0.1) is 11.3 Å². The van der Waals surface area contributed by atoms with Crippen molar-refractivity contribution in [2.24, 2.45) is 0 Å². The number of fused-ring (bicyclic) bond motifs is 1. The van der Waals surface area contributed by atoms with Gasteiger partial charge in [-0.25, -0.2) is 4.98 Å². The SMILES string of the molecule is CCNC(Cc1cn2ccsc2n1)c1ccnc(C)c1. The first-order chi connectivity index (χ1) is 9.76. The van der Waals surface area contributed by atoms with Gasteiger partial charge in [-0.1, -0.05) is 6.92 Å². The highest BCUT2D eigenvalue weighted by molar-refractivity contribution is 7.15. The largest absolute Gasteiger partial charge is 0.310 e. The monoisotopic (exact) mass is 286 g/mol. The molecule has 20 heavy (non-hydrogen) atoms. The van der Waals surface area contributed by atoms with Crippen molar-refractivity contribution in [2.75, 3.05) is 6.54 Å². The van der Waals surface area contributed by atoms with Gasteiger partial charge in [0, 0.05) is 42.1 Å². The summed E-state index contributed by atoms with van der Waals surface area (Å²) in [5, 5.41) is 5.59. The van der Waals surface area contributed by atoms with Crippen molar-refractivity contribution >= 4 is 16.3 Å². The minimum Gasteiger partial charge on any atom is -0.310 e. The first kappa shape index (κ1) is 13.3. The predicted molar refractivity (Wildman–Crippen MR) is 82.2 cm³/mol. The average Bonchev–Trinajstić information content (AvgIpc) is 2.99. The van der Waals surface area contributed by atoms with E-state index in [2.05, 4.69) is 56.5 Å². The Morgan fingerprint density at radius 3 is 3.10 bits per heavy atom. The van der Waals surface area contributed by atoms with Crippen LogP contribution in [0.15, 0.2) is 36.1 Å². The zero-order valence-electron chi connectivity index (χ0n) is 11.7. The van der Waals surface area contributed by atoms with Crippen LogP contribution in [0, 0.1) is 6.92 Å². The number of hydrogen-bond acceptors (Lipinski definition) is 4. The van der Waals surface area contributed by atoms with E-state index >= 15 is 0 Å². The summed E-state index contributed by atoms with van der Waals surface area (Å²) in [5.41, 5.74) is 3.45. The van der Waals surface area contributed by atoms with Crippen LogP contribution in [0.3, 0.4) is 0 Å². The quantitative estimate of drug-likeness (QED) is 0.784. The lowest BCUT2D eigenvalue weighted by Gasteiger charge is -2.17. The average molecular weight is 286 g/mol. The zero-order valence-corrected chi connectivity index (χ0v) is 12.5. The summed E-state index contributed by atoms with van der Waals surface area (Å²) in [6.07, 6.45) is 6.94. The fourth-order valence-corrected chi connectivity index (χ4v) is 3.14. The van der Waals surface area contributed by atoms with E-state index in [1.54, 1.807) is 11.3 Å². The van der Waals surface area contributed by atoms with Crippen molar-refractivity contribution in [1.29, 1.82) is 0 Å². The highest BCUT2D eigenvalue weighted by Gasteiger charge is 2.14. The highest BCUT2D eigenvalue weighted by Crippen LogP contribution is 2.20. The molecular formula is C15H18N4S. The van der Waals surface area contributed by atoms with Crippen molar-refractivity contribution in [1.82, 2.24) is 19.7 Å². The third-order valence-corrected chi connectivity index (χ3v) is 4.10. The van der Waals surface area contributed by atoms with E-state index in [9.17, 15) is 0 Å². The van der Waals surface area contributed by atoms with E-state index in [0.29, 0.717) is 0 Å². The summed E-state index contributed by atoms with van der Waals surface area (Å²) in [7, 11) is 0. The van der Waals surface area contributed by atoms with Crippen LogP contribution < -0.4 is 5.32 Å². The summed E-state index contributed by atoms with van der Waals surface area (Å²) < 4.78 is 2.08. The lowest BCUT2D eigenvalue weighted by molar-refractivity contribution is 0.544. The number of thiazole rings is 1. The molecule has 0 saturated carbocycles. The Hall–Kier alpha value is -1.72. The number of nitrogens with zero attached hydrogens (tertiary/aromatic N) is 3. The normalized spacial score (nSPS) is 12.9. The van der Waals surface area contributed by atoms with Crippen molar-refractivity contribution in [3.8, 4) is 0 Å². The summed E-state index contributed by atoms with van der Waals surface area (Å²) in [6, 6.07) is 4.51. The second-order valence-electron chi connectivity index (χ2n) is 4.87. The number of aromatic nitrogens is 3. The van der Waals surface area contributed by atoms with E-state index in [-0.39, 0.29) is 6.04 Å². The second kappa shape index (κ2) is 5.73. The smallest absolute Gasteiger partial charge is 0.193 e. The van der Waals surface area contributed by atoms with E-state index in [1.165, 1.54) is 5.56 Å². The minimum absolute atomic E-state index is 0.284. The van der Waals surface area contributed by atoms with Crippen molar-refractivity contribution in [3.63, 3.8) is 0 Å². The molecule has 1 N–H and O–H groups in total. The molecule has 0 aliphatic rings. The molecule has 5 heteroatoms. The first-order valence-corrected chi connectivity index (χ1v) is 7.71. The molecule has 3 rings (SSSR count). The van der Waals surface area contributed by atoms with Crippen LogP contribution >= 0.6 is 11.3 Å². The first-order valence-electron chi connectivity index (χ1n) is 6.83. The Kier molecular flexibility index (Phi) is 3.80. The topological polar surface area (TPSA) is 42.2 Å². The molecule has 3 aromatic rings. The van der Waals surface area contributed by atoms with Gasteiger partial charge in [-0.2, -0.15) is 0 Å². The molecule has 0 bridgehead atoms. The molecule has 0 aromatic carbocycles. The molecule has 0 fully saturated rings. The number of hydrogen-bond donors (Lipinski definition) is 1. The summed E-state index contributed by atoms with van der Waals surface area (Å²) in [5.74, 6) is 0. The molecule has 4 nitrogen and oxygen atoms in total. The van der Waals surface area contributed by atoms with Crippen LogP contribution in [0.2, 0.25) is 0 Å². The standard InChI is InChI=1S/C15H18N4S/c1-3-16-14(12-4-5-17-11(2)8-12)9-13-10-19-6-7-20-15(19)18-13/h4-8,10,14,16H,3,9H2,1-2H3. The van der Waals surface area contributed by atoms with Gasteiger partial charge in [-0.3, -0.25) is 9.38 Å². The molecular weight excluding hydrogens is 268 g/mol. The number of aryl methyl sites for hydroxylation is 1. The van der Waals surface area contributed by atoms with E-state index < -0.39 is 0 Å². The Bertz CT molecular complexity index is 672. The molecule has 0 saturated heterocycles. The number of rotatable bonds is 5. The van der Waals surface area contributed by atoms with Gasteiger partial charge < -0.3 is 5.32 Å². The van der Waals surface area contributed by atoms with Crippen LogP contribution in [0.25, 0.3) is 4.96 Å². The molecule has 0 aliphatic carbocycles. The maximum Gasteiger partial charge on any atom is 0.193 e. The minimum atomic E-state index is 0.284. The molecule has 0 aliphatic heterocycles. The van der Waals surface area contributed by atoms with Crippen molar-refractivity contribution in [2.45, 2.75) is 26.3 Å². The van der Waals surface area contributed by atoms with Gasteiger partial charge in [0.05, 0.1) is 5.69 Å². The van der Waals surface area contributed by atoms with E-state index in [4.69, 9.17) is 0 Å². The summed E-state index contributed by atoms with van der Waals surface area (Å²) in [4.78, 5) is 10.00. The Balaban J connectivity index is 1.85. The molecule has 104 valence electrons. The molecule has 0 radical (unpaired) electrons. The molecule has 3 aromatic heterocycles. The van der Waals surface area contributed by atoms with Gasteiger partial charge in [0.1, 0.15) is 0 Å².